The van der Waals surface area contributed by atoms with Gasteiger partial charge in [-0.25, -0.2) is 0 Å². The second-order valence-corrected chi connectivity index (χ2v) is 4.36. The summed E-state index contributed by atoms with van der Waals surface area (Å²) >= 11 is 5.38. The number of thiocarbonyl (C=S) groups is 1. The summed E-state index contributed by atoms with van der Waals surface area (Å²) in [5.41, 5.74) is 6.07. The third kappa shape index (κ3) is 2.64. The average molecular weight is 200 g/mol. The van der Waals surface area contributed by atoms with Crippen molar-refractivity contribution in [2.75, 3.05) is 13.1 Å². The van der Waals surface area contributed by atoms with E-state index >= 15 is 0 Å². The number of nitrogens with two attached hydrogens (primary N) is 1. The molecule has 0 bridgehead atoms. The molecule has 1 fully saturated rings. The lowest BCUT2D eigenvalue weighted by Crippen LogP contribution is -2.44. The predicted molar refractivity (Wildman–Crippen MR) is 60.8 cm³/mol. The van der Waals surface area contributed by atoms with Crippen molar-refractivity contribution in [3.8, 4) is 0 Å². The van der Waals surface area contributed by atoms with Crippen LogP contribution in [0.5, 0.6) is 0 Å². The van der Waals surface area contributed by atoms with Gasteiger partial charge in [0.15, 0.2) is 0 Å². The van der Waals surface area contributed by atoms with Crippen molar-refractivity contribution in [3.05, 3.63) is 0 Å². The molecule has 2 atom stereocenters. The largest absolute Gasteiger partial charge is 0.365 e. The normalized spacial score (nSPS) is 21.6. The summed E-state index contributed by atoms with van der Waals surface area (Å²) in [5.74, 6) is 0.507. The second kappa shape index (κ2) is 4.91. The summed E-state index contributed by atoms with van der Waals surface area (Å²) in [7, 11) is 0. The Kier molecular flexibility index (Phi) is 4.13. The first-order chi connectivity index (χ1) is 6.16. The van der Waals surface area contributed by atoms with Crippen LogP contribution in [0.2, 0.25) is 0 Å². The highest BCUT2D eigenvalue weighted by atomic mass is 32.1. The lowest BCUT2D eigenvalue weighted by Gasteiger charge is -2.26. The molecule has 3 heteroatoms. The Balaban J connectivity index is 2.45. The van der Waals surface area contributed by atoms with E-state index in [1.165, 1.54) is 12.8 Å². The van der Waals surface area contributed by atoms with Crippen LogP contribution in [-0.4, -0.2) is 29.0 Å². The van der Waals surface area contributed by atoms with Gasteiger partial charge < -0.3 is 10.6 Å². The average Bonchev–Trinajstić information content (AvgIpc) is 2.67. The van der Waals surface area contributed by atoms with E-state index in [2.05, 4.69) is 18.7 Å². The fourth-order valence-corrected chi connectivity index (χ4v) is 2.06. The van der Waals surface area contributed by atoms with Gasteiger partial charge in [-0.2, -0.15) is 0 Å². The van der Waals surface area contributed by atoms with E-state index in [0.29, 0.717) is 5.92 Å². The highest BCUT2D eigenvalue weighted by molar-refractivity contribution is 7.80. The molecule has 1 unspecified atom stereocenters. The summed E-state index contributed by atoms with van der Waals surface area (Å²) in [5, 5.41) is 0. The lowest BCUT2D eigenvalue weighted by molar-refractivity contribution is 0.453. The fourth-order valence-electron chi connectivity index (χ4n) is 1.65. The van der Waals surface area contributed by atoms with Gasteiger partial charge in [-0.05, 0) is 18.8 Å². The van der Waals surface area contributed by atoms with Crippen molar-refractivity contribution in [3.63, 3.8) is 0 Å². The van der Waals surface area contributed by atoms with Crippen LogP contribution in [0.4, 0.5) is 0 Å². The van der Waals surface area contributed by atoms with Crippen LogP contribution in [0.3, 0.4) is 0 Å². The van der Waals surface area contributed by atoms with Gasteiger partial charge in [0.1, 0.15) is 0 Å². The summed E-state index contributed by atoms with van der Waals surface area (Å²) in [6.45, 7) is 6.57. The van der Waals surface area contributed by atoms with Crippen molar-refractivity contribution in [1.29, 1.82) is 0 Å². The van der Waals surface area contributed by atoms with Gasteiger partial charge in [0.25, 0.3) is 0 Å². The maximum Gasteiger partial charge on any atom is 0.0952 e. The molecule has 1 aliphatic heterocycles. The minimum atomic E-state index is 0.0816. The van der Waals surface area contributed by atoms with Gasteiger partial charge >= 0.3 is 0 Å². The molecule has 0 amide bonds. The third-order valence-electron chi connectivity index (χ3n) is 2.96. The van der Waals surface area contributed by atoms with E-state index in [0.717, 1.165) is 24.5 Å². The summed E-state index contributed by atoms with van der Waals surface area (Å²) in [6, 6.07) is 0.0816. The Morgan fingerprint density at radius 1 is 1.46 bits per heavy atom. The molecule has 1 heterocycles. The smallest absolute Gasteiger partial charge is 0.0952 e. The Labute approximate surface area is 86.5 Å². The second-order valence-electron chi connectivity index (χ2n) is 3.94. The fraction of sp³-hybridized carbons (Fsp3) is 0.900. The third-order valence-corrected chi connectivity index (χ3v) is 3.49. The summed E-state index contributed by atoms with van der Waals surface area (Å²) < 4.78 is 0. The van der Waals surface area contributed by atoms with Crippen LogP contribution in [0.15, 0.2) is 0 Å². The van der Waals surface area contributed by atoms with E-state index in [1.807, 2.05) is 0 Å². The molecule has 2 N–H and O–H groups in total. The SMILES string of the molecule is CCC(C)[C@H](N)C(=S)N1CCCC1. The van der Waals surface area contributed by atoms with Gasteiger partial charge in [-0.3, -0.25) is 0 Å². The van der Waals surface area contributed by atoms with E-state index in [-0.39, 0.29) is 6.04 Å². The van der Waals surface area contributed by atoms with Gasteiger partial charge in [0.05, 0.1) is 11.0 Å². The Morgan fingerprint density at radius 2 is 2.00 bits per heavy atom. The highest BCUT2D eigenvalue weighted by Crippen LogP contribution is 2.14. The molecular weight excluding hydrogens is 180 g/mol. The molecule has 13 heavy (non-hydrogen) atoms. The number of nitrogens with zero attached hydrogens (tertiary/aromatic N) is 1. The number of rotatable bonds is 3. The molecular formula is C10H20N2S. The molecule has 0 aromatic heterocycles. The van der Waals surface area contributed by atoms with E-state index in [1.54, 1.807) is 0 Å². The molecule has 0 aromatic rings. The standard InChI is InChI=1S/C10H20N2S/c1-3-8(2)9(11)10(13)12-6-4-5-7-12/h8-9H,3-7,11H2,1-2H3/t8?,9-/m0/s1. The first-order valence-electron chi connectivity index (χ1n) is 5.21. The predicted octanol–water partition coefficient (Wildman–Crippen LogP) is 1.78. The molecule has 1 saturated heterocycles. The van der Waals surface area contributed by atoms with E-state index in [4.69, 9.17) is 18.0 Å². The zero-order chi connectivity index (χ0) is 9.84. The maximum atomic E-state index is 6.07. The molecule has 0 spiro atoms. The van der Waals surface area contributed by atoms with E-state index in [9.17, 15) is 0 Å². The first kappa shape index (κ1) is 10.9. The Morgan fingerprint density at radius 3 is 2.46 bits per heavy atom. The van der Waals surface area contributed by atoms with Crippen LogP contribution >= 0.6 is 12.2 Å². The highest BCUT2D eigenvalue weighted by Gasteiger charge is 2.22. The van der Waals surface area contributed by atoms with Crippen molar-refractivity contribution >= 4 is 17.2 Å². The number of hydrogen-bond acceptors (Lipinski definition) is 2. The van der Waals surface area contributed by atoms with Crippen LogP contribution < -0.4 is 5.73 Å². The van der Waals surface area contributed by atoms with Crippen LogP contribution in [0, 0.1) is 5.92 Å². The first-order valence-corrected chi connectivity index (χ1v) is 5.62. The molecule has 2 nitrogen and oxygen atoms in total. The lowest BCUT2D eigenvalue weighted by atomic mass is 10.00. The molecule has 76 valence electrons. The van der Waals surface area contributed by atoms with Gasteiger partial charge in [0.2, 0.25) is 0 Å². The van der Waals surface area contributed by atoms with Crippen molar-refractivity contribution in [2.45, 2.75) is 39.2 Å². The van der Waals surface area contributed by atoms with Crippen molar-refractivity contribution in [2.24, 2.45) is 11.7 Å². The monoisotopic (exact) mass is 200 g/mol. The molecule has 0 aromatic carbocycles. The topological polar surface area (TPSA) is 29.3 Å². The number of hydrogen-bond donors (Lipinski definition) is 1. The Bertz CT molecular complexity index is 176. The van der Waals surface area contributed by atoms with Gasteiger partial charge in [0, 0.05) is 13.1 Å². The zero-order valence-corrected chi connectivity index (χ0v) is 9.44. The zero-order valence-electron chi connectivity index (χ0n) is 8.62. The van der Waals surface area contributed by atoms with Gasteiger partial charge in [-0.15, -0.1) is 0 Å². The van der Waals surface area contributed by atoms with Crippen LogP contribution in [-0.2, 0) is 0 Å². The molecule has 1 rings (SSSR count). The quantitative estimate of drug-likeness (QED) is 0.704. The maximum absolute atomic E-state index is 6.07. The van der Waals surface area contributed by atoms with Crippen molar-refractivity contribution < 1.29 is 0 Å². The summed E-state index contributed by atoms with van der Waals surface area (Å²) in [6.07, 6.45) is 3.65. The van der Waals surface area contributed by atoms with E-state index < -0.39 is 0 Å². The molecule has 0 saturated carbocycles. The molecule has 0 radical (unpaired) electrons. The van der Waals surface area contributed by atoms with Crippen LogP contribution in [0.1, 0.15) is 33.1 Å². The number of likely N-dealkylation sites (tertiary alicyclic amines) is 1. The van der Waals surface area contributed by atoms with Crippen molar-refractivity contribution in [1.82, 2.24) is 4.90 Å². The minimum absolute atomic E-state index is 0.0816. The Hall–Kier alpha value is -0.150. The minimum Gasteiger partial charge on any atom is -0.365 e. The van der Waals surface area contributed by atoms with Crippen LogP contribution in [0.25, 0.3) is 0 Å². The molecule has 1 aliphatic rings. The molecule has 0 aliphatic carbocycles. The van der Waals surface area contributed by atoms with Gasteiger partial charge in [-0.1, -0.05) is 32.5 Å². The summed E-state index contributed by atoms with van der Waals surface area (Å²) in [4.78, 5) is 3.25.